The van der Waals surface area contributed by atoms with Gasteiger partial charge in [0, 0.05) is 5.69 Å². The number of amides is 1. The number of ether oxygens (including phenoxy) is 1. The maximum absolute atomic E-state index is 11.8. The normalized spacial score (nSPS) is 12.0. The van der Waals surface area contributed by atoms with Crippen molar-refractivity contribution in [2.24, 2.45) is 0 Å². The molecule has 1 aromatic carbocycles. The molecule has 1 N–H and O–H groups in total. The molecule has 0 radical (unpaired) electrons. The molecule has 0 heterocycles. The van der Waals surface area contributed by atoms with Crippen molar-refractivity contribution >= 4 is 21.9 Å². The van der Waals surface area contributed by atoms with Gasteiger partial charge < -0.3 is 4.74 Å². The zero-order valence-electron chi connectivity index (χ0n) is 14.3. The van der Waals surface area contributed by atoms with Gasteiger partial charge in [-0.25, -0.2) is 4.79 Å². The summed E-state index contributed by atoms with van der Waals surface area (Å²) in [5.41, 5.74) is 2.11. The van der Waals surface area contributed by atoms with Crippen molar-refractivity contribution in [3.63, 3.8) is 0 Å². The molecule has 0 saturated heterocycles. The third-order valence-corrected chi connectivity index (χ3v) is 3.43. The van der Waals surface area contributed by atoms with Gasteiger partial charge >= 0.3 is 6.09 Å². The minimum Gasteiger partial charge on any atom is -0.444 e. The molecule has 23 heavy (non-hydrogen) atoms. The standard InChI is InChI=1S/C16H25NO5S/c1-12-11-13(7-6-10-21-23(5,19)20)8-9-14(12)17-15(18)22-16(2,3)4/h8-9,11H,6-7,10H2,1-5H3,(H,17,18). The van der Waals surface area contributed by atoms with Crippen LogP contribution in [0.4, 0.5) is 10.5 Å². The number of hydrogen-bond acceptors (Lipinski definition) is 5. The van der Waals surface area contributed by atoms with Crippen LogP contribution in [0.2, 0.25) is 0 Å². The van der Waals surface area contributed by atoms with E-state index >= 15 is 0 Å². The molecule has 0 unspecified atom stereocenters. The van der Waals surface area contributed by atoms with Gasteiger partial charge in [0.1, 0.15) is 5.60 Å². The summed E-state index contributed by atoms with van der Waals surface area (Å²) in [6.45, 7) is 7.47. The SMILES string of the molecule is Cc1cc(CCCOS(C)(=O)=O)ccc1NC(=O)OC(C)(C)C. The molecule has 0 aliphatic heterocycles. The van der Waals surface area contributed by atoms with Gasteiger partial charge in [0.15, 0.2) is 0 Å². The molecule has 0 saturated carbocycles. The van der Waals surface area contributed by atoms with Crippen LogP contribution in [-0.2, 0) is 25.5 Å². The zero-order valence-corrected chi connectivity index (χ0v) is 15.1. The molecule has 0 atom stereocenters. The van der Waals surface area contributed by atoms with E-state index in [9.17, 15) is 13.2 Å². The number of carbonyl (C=O) groups is 1. The molecule has 1 rings (SSSR count). The minimum atomic E-state index is -3.38. The van der Waals surface area contributed by atoms with Crippen LogP contribution in [0.3, 0.4) is 0 Å². The van der Waals surface area contributed by atoms with Crippen LogP contribution in [0.15, 0.2) is 18.2 Å². The summed E-state index contributed by atoms with van der Waals surface area (Å²) >= 11 is 0. The summed E-state index contributed by atoms with van der Waals surface area (Å²) in [5, 5.41) is 2.72. The first kappa shape index (κ1) is 19.4. The van der Waals surface area contributed by atoms with Crippen LogP contribution in [0.25, 0.3) is 0 Å². The van der Waals surface area contributed by atoms with E-state index in [1.54, 1.807) is 20.8 Å². The molecule has 130 valence electrons. The highest BCUT2D eigenvalue weighted by atomic mass is 32.2. The van der Waals surface area contributed by atoms with Crippen molar-refractivity contribution < 1.29 is 22.1 Å². The van der Waals surface area contributed by atoms with Gasteiger partial charge in [0.2, 0.25) is 0 Å². The van der Waals surface area contributed by atoms with E-state index in [1.165, 1.54) is 0 Å². The highest BCUT2D eigenvalue weighted by molar-refractivity contribution is 7.85. The lowest BCUT2D eigenvalue weighted by atomic mass is 10.1. The predicted molar refractivity (Wildman–Crippen MR) is 90.2 cm³/mol. The molecule has 1 aromatic rings. The summed E-state index contributed by atoms with van der Waals surface area (Å²) in [4.78, 5) is 11.8. The van der Waals surface area contributed by atoms with Crippen molar-refractivity contribution in [2.45, 2.75) is 46.1 Å². The Hall–Kier alpha value is -1.60. The average molecular weight is 343 g/mol. The Labute approximate surface area is 138 Å². The van der Waals surface area contributed by atoms with E-state index in [2.05, 4.69) is 5.32 Å². The molecule has 0 bridgehead atoms. The second-order valence-electron chi connectivity index (χ2n) is 6.41. The van der Waals surface area contributed by atoms with Gasteiger partial charge in [0.25, 0.3) is 10.1 Å². The third-order valence-electron chi connectivity index (χ3n) is 2.83. The molecular formula is C16H25NO5S. The Balaban J connectivity index is 2.56. The second-order valence-corrected chi connectivity index (χ2v) is 8.05. The second kappa shape index (κ2) is 7.79. The Bertz CT molecular complexity index is 647. The monoisotopic (exact) mass is 343 g/mol. The molecule has 0 aromatic heterocycles. The molecule has 0 spiro atoms. The van der Waals surface area contributed by atoms with E-state index in [0.717, 1.165) is 17.4 Å². The van der Waals surface area contributed by atoms with E-state index in [4.69, 9.17) is 8.92 Å². The van der Waals surface area contributed by atoms with Crippen LogP contribution in [0, 0.1) is 6.92 Å². The zero-order chi connectivity index (χ0) is 17.7. The third kappa shape index (κ3) is 8.56. The highest BCUT2D eigenvalue weighted by Gasteiger charge is 2.16. The fourth-order valence-corrected chi connectivity index (χ4v) is 2.34. The molecule has 0 aliphatic carbocycles. The van der Waals surface area contributed by atoms with Gasteiger partial charge in [-0.1, -0.05) is 12.1 Å². The van der Waals surface area contributed by atoms with Gasteiger partial charge in [-0.05, 0) is 57.7 Å². The molecule has 0 fully saturated rings. The van der Waals surface area contributed by atoms with Crippen LogP contribution in [0.1, 0.15) is 38.3 Å². The Morgan fingerprint density at radius 2 is 1.91 bits per heavy atom. The Morgan fingerprint density at radius 3 is 2.43 bits per heavy atom. The lowest BCUT2D eigenvalue weighted by Gasteiger charge is -2.20. The fourth-order valence-electron chi connectivity index (χ4n) is 1.92. The minimum absolute atomic E-state index is 0.162. The van der Waals surface area contributed by atoms with Crippen LogP contribution in [-0.4, -0.2) is 33.0 Å². The largest absolute Gasteiger partial charge is 0.444 e. The predicted octanol–water partition coefficient (Wildman–Crippen LogP) is 3.25. The molecular weight excluding hydrogens is 318 g/mol. The summed E-state index contributed by atoms with van der Waals surface area (Å²) in [5.74, 6) is 0. The maximum atomic E-state index is 11.8. The molecule has 6 nitrogen and oxygen atoms in total. The number of aryl methyl sites for hydroxylation is 2. The lowest BCUT2D eigenvalue weighted by Crippen LogP contribution is -2.27. The van der Waals surface area contributed by atoms with Gasteiger partial charge in [0.05, 0.1) is 12.9 Å². The van der Waals surface area contributed by atoms with E-state index in [-0.39, 0.29) is 6.61 Å². The van der Waals surface area contributed by atoms with E-state index in [0.29, 0.717) is 18.5 Å². The number of carbonyl (C=O) groups excluding carboxylic acids is 1. The van der Waals surface area contributed by atoms with Gasteiger partial charge in [-0.2, -0.15) is 8.42 Å². The Morgan fingerprint density at radius 1 is 1.26 bits per heavy atom. The van der Waals surface area contributed by atoms with Gasteiger partial charge in [-0.3, -0.25) is 9.50 Å². The first-order valence-electron chi connectivity index (χ1n) is 7.40. The number of benzene rings is 1. The fraction of sp³-hybridized carbons (Fsp3) is 0.562. The van der Waals surface area contributed by atoms with Crippen LogP contribution in [0.5, 0.6) is 0 Å². The maximum Gasteiger partial charge on any atom is 0.412 e. The number of hydrogen-bond donors (Lipinski definition) is 1. The summed E-state index contributed by atoms with van der Waals surface area (Å²) < 4.78 is 31.7. The first-order chi connectivity index (χ1) is 10.5. The topological polar surface area (TPSA) is 81.7 Å². The number of nitrogens with one attached hydrogen (secondary N) is 1. The van der Waals surface area contributed by atoms with Crippen molar-refractivity contribution in [3.05, 3.63) is 29.3 Å². The first-order valence-corrected chi connectivity index (χ1v) is 9.22. The van der Waals surface area contributed by atoms with Crippen molar-refractivity contribution in [1.29, 1.82) is 0 Å². The van der Waals surface area contributed by atoms with Gasteiger partial charge in [-0.15, -0.1) is 0 Å². The smallest absolute Gasteiger partial charge is 0.412 e. The summed E-state index contributed by atoms with van der Waals surface area (Å²) in [6, 6.07) is 5.65. The average Bonchev–Trinajstić information content (AvgIpc) is 2.34. The van der Waals surface area contributed by atoms with Crippen molar-refractivity contribution in [2.75, 3.05) is 18.2 Å². The lowest BCUT2D eigenvalue weighted by molar-refractivity contribution is 0.0636. The van der Waals surface area contributed by atoms with E-state index in [1.807, 2.05) is 25.1 Å². The number of anilines is 1. The van der Waals surface area contributed by atoms with Crippen molar-refractivity contribution in [3.8, 4) is 0 Å². The van der Waals surface area contributed by atoms with Crippen LogP contribution < -0.4 is 5.32 Å². The van der Waals surface area contributed by atoms with E-state index < -0.39 is 21.8 Å². The van der Waals surface area contributed by atoms with Crippen LogP contribution >= 0.6 is 0 Å². The quantitative estimate of drug-likeness (QED) is 0.633. The summed E-state index contributed by atoms with van der Waals surface area (Å²) in [7, 11) is -3.38. The molecule has 1 amide bonds. The molecule has 0 aliphatic rings. The summed E-state index contributed by atoms with van der Waals surface area (Å²) in [6.07, 6.45) is 1.85. The Kier molecular flexibility index (Phi) is 6.58. The number of rotatable bonds is 6. The van der Waals surface area contributed by atoms with Crippen molar-refractivity contribution in [1.82, 2.24) is 0 Å². The molecule has 7 heteroatoms. The highest BCUT2D eigenvalue weighted by Crippen LogP contribution is 2.19.